The Kier molecular flexibility index (Phi) is 3.58. The first kappa shape index (κ1) is 13.0. The number of hydrogen-bond donors (Lipinski definition) is 0. The lowest BCUT2D eigenvalue weighted by Gasteiger charge is -2.16. The van der Waals surface area contributed by atoms with Gasteiger partial charge >= 0.3 is 12.1 Å². The second-order valence-corrected chi connectivity index (χ2v) is 5.16. The van der Waals surface area contributed by atoms with Crippen molar-refractivity contribution in [3.63, 3.8) is 0 Å². The van der Waals surface area contributed by atoms with Gasteiger partial charge in [-0.2, -0.15) is 0 Å². The van der Waals surface area contributed by atoms with Crippen LogP contribution < -0.4 is 0 Å². The van der Waals surface area contributed by atoms with Gasteiger partial charge in [-0.25, -0.2) is 4.79 Å². The first-order chi connectivity index (χ1) is 9.74. The lowest BCUT2D eigenvalue weighted by molar-refractivity contribution is -0.141. The maximum atomic E-state index is 11.6. The van der Waals surface area contributed by atoms with Gasteiger partial charge < -0.3 is 14.4 Å². The number of carbonyl (C=O) groups excluding carboxylic acids is 2. The maximum absolute atomic E-state index is 11.6. The van der Waals surface area contributed by atoms with Gasteiger partial charge in [-0.1, -0.05) is 24.3 Å². The molecule has 3 rings (SSSR count). The van der Waals surface area contributed by atoms with E-state index in [1.807, 2.05) is 24.3 Å². The number of esters is 1. The van der Waals surface area contributed by atoms with Crippen molar-refractivity contribution in [3.8, 4) is 0 Å². The Morgan fingerprint density at radius 2 is 1.90 bits per heavy atom. The molecule has 0 bridgehead atoms. The molecular weight excluding hydrogens is 258 g/mol. The zero-order chi connectivity index (χ0) is 13.9. The smallest absolute Gasteiger partial charge is 0.410 e. The summed E-state index contributed by atoms with van der Waals surface area (Å²) >= 11 is 0. The van der Waals surface area contributed by atoms with Gasteiger partial charge in [-0.3, -0.25) is 4.79 Å². The molecule has 2 fully saturated rings. The first-order valence-corrected chi connectivity index (χ1v) is 6.89. The van der Waals surface area contributed by atoms with Crippen LogP contribution in [-0.4, -0.2) is 36.7 Å². The van der Waals surface area contributed by atoms with Crippen LogP contribution in [0, 0.1) is 5.92 Å². The van der Waals surface area contributed by atoms with Gasteiger partial charge in [0, 0.05) is 6.54 Å². The fourth-order valence-electron chi connectivity index (χ4n) is 2.67. The zero-order valence-corrected chi connectivity index (χ0v) is 11.2. The Morgan fingerprint density at radius 3 is 2.55 bits per heavy atom. The largest absolute Gasteiger partial charge is 0.465 e. The van der Waals surface area contributed by atoms with Gasteiger partial charge in [0.05, 0.1) is 19.1 Å². The summed E-state index contributed by atoms with van der Waals surface area (Å²) in [6.07, 6.45) is 1.19. The number of rotatable bonds is 4. The van der Waals surface area contributed by atoms with Crippen LogP contribution in [-0.2, 0) is 27.2 Å². The quantitative estimate of drug-likeness (QED) is 0.785. The van der Waals surface area contributed by atoms with Crippen molar-refractivity contribution in [2.75, 3.05) is 19.8 Å². The third-order valence-electron chi connectivity index (χ3n) is 3.83. The summed E-state index contributed by atoms with van der Waals surface area (Å²) in [5.74, 6) is -0.165. The van der Waals surface area contributed by atoms with E-state index in [0.717, 1.165) is 17.5 Å². The molecule has 20 heavy (non-hydrogen) atoms. The Morgan fingerprint density at radius 1 is 1.10 bits per heavy atom. The summed E-state index contributed by atoms with van der Waals surface area (Å²) in [6.45, 7) is 2.13. The molecule has 0 spiro atoms. The van der Waals surface area contributed by atoms with E-state index in [2.05, 4.69) is 0 Å². The number of nitrogens with zero attached hydrogens (tertiary/aromatic N) is 1. The molecule has 1 atom stereocenters. The van der Waals surface area contributed by atoms with Crippen LogP contribution in [0.25, 0.3) is 0 Å². The predicted molar refractivity (Wildman–Crippen MR) is 71.0 cm³/mol. The lowest BCUT2D eigenvalue weighted by Crippen LogP contribution is -2.24. The summed E-state index contributed by atoms with van der Waals surface area (Å²) in [5, 5.41) is 0. The summed E-state index contributed by atoms with van der Waals surface area (Å²) in [5.41, 5.74) is 2.18. The van der Waals surface area contributed by atoms with Crippen molar-refractivity contribution in [1.82, 2.24) is 4.90 Å². The Labute approximate surface area is 117 Å². The van der Waals surface area contributed by atoms with Crippen molar-refractivity contribution in [2.24, 2.45) is 5.92 Å². The van der Waals surface area contributed by atoms with E-state index in [1.54, 1.807) is 4.90 Å². The second kappa shape index (κ2) is 5.53. The minimum absolute atomic E-state index is 0.0540. The highest BCUT2D eigenvalue weighted by Gasteiger charge is 2.28. The number of hydrogen-bond acceptors (Lipinski definition) is 4. The number of benzene rings is 1. The minimum atomic E-state index is -0.264. The van der Waals surface area contributed by atoms with Crippen molar-refractivity contribution >= 4 is 12.1 Å². The molecule has 1 aromatic carbocycles. The van der Waals surface area contributed by atoms with E-state index in [-0.39, 0.29) is 18.0 Å². The Balaban J connectivity index is 1.74. The molecule has 0 aliphatic carbocycles. The molecule has 0 radical (unpaired) electrons. The van der Waals surface area contributed by atoms with Crippen LogP contribution in [0.3, 0.4) is 0 Å². The van der Waals surface area contributed by atoms with Crippen molar-refractivity contribution in [3.05, 3.63) is 35.4 Å². The zero-order valence-electron chi connectivity index (χ0n) is 11.2. The van der Waals surface area contributed by atoms with Crippen LogP contribution >= 0.6 is 0 Å². The standard InChI is InChI=1S/C15H17NO4/c17-14-12(5-7-19-14)9-11-3-1-2-4-13(11)10-16-6-8-20-15(16)18/h1-4,12H,5-10H2. The van der Waals surface area contributed by atoms with Crippen molar-refractivity contribution in [2.45, 2.75) is 19.4 Å². The van der Waals surface area contributed by atoms with Gasteiger partial charge in [0.15, 0.2) is 0 Å². The summed E-state index contributed by atoms with van der Waals surface area (Å²) in [4.78, 5) is 24.8. The normalized spacial score (nSPS) is 22.0. The molecule has 1 aromatic rings. The highest BCUT2D eigenvalue weighted by molar-refractivity contribution is 5.74. The molecule has 2 saturated heterocycles. The van der Waals surface area contributed by atoms with E-state index in [4.69, 9.17) is 9.47 Å². The van der Waals surface area contributed by atoms with Crippen LogP contribution in [0.2, 0.25) is 0 Å². The molecule has 2 aliphatic rings. The highest BCUT2D eigenvalue weighted by Crippen LogP contribution is 2.23. The molecule has 106 valence electrons. The second-order valence-electron chi connectivity index (χ2n) is 5.16. The monoisotopic (exact) mass is 275 g/mol. The maximum Gasteiger partial charge on any atom is 0.410 e. The summed E-state index contributed by atoms with van der Waals surface area (Å²) < 4.78 is 9.95. The molecule has 1 unspecified atom stereocenters. The molecule has 2 aliphatic heterocycles. The molecule has 0 N–H and O–H groups in total. The topological polar surface area (TPSA) is 55.8 Å². The minimum Gasteiger partial charge on any atom is -0.465 e. The molecule has 0 saturated carbocycles. The number of carbonyl (C=O) groups is 2. The van der Waals surface area contributed by atoms with E-state index in [1.165, 1.54) is 0 Å². The summed E-state index contributed by atoms with van der Waals surface area (Å²) in [6, 6.07) is 7.93. The van der Waals surface area contributed by atoms with Gasteiger partial charge in [0.2, 0.25) is 0 Å². The van der Waals surface area contributed by atoms with Gasteiger partial charge in [-0.05, 0) is 24.0 Å². The number of ether oxygens (including phenoxy) is 2. The SMILES string of the molecule is O=C1OCCC1Cc1ccccc1CN1CCOC1=O. The van der Waals surface area contributed by atoms with Crippen molar-refractivity contribution in [1.29, 1.82) is 0 Å². The average Bonchev–Trinajstić information content (AvgIpc) is 3.02. The van der Waals surface area contributed by atoms with Gasteiger partial charge in [0.25, 0.3) is 0 Å². The van der Waals surface area contributed by atoms with Crippen molar-refractivity contribution < 1.29 is 19.1 Å². The lowest BCUT2D eigenvalue weighted by atomic mass is 9.94. The molecular formula is C15H17NO4. The van der Waals surface area contributed by atoms with E-state index < -0.39 is 0 Å². The average molecular weight is 275 g/mol. The Bertz CT molecular complexity index is 481. The predicted octanol–water partition coefficient (Wildman–Crippen LogP) is 1.74. The molecule has 1 amide bonds. The first-order valence-electron chi connectivity index (χ1n) is 6.89. The number of amides is 1. The molecule has 2 heterocycles. The van der Waals surface area contributed by atoms with Crippen LogP contribution in [0.1, 0.15) is 17.5 Å². The fraction of sp³-hybridized carbons (Fsp3) is 0.467. The van der Waals surface area contributed by atoms with Gasteiger partial charge in [-0.15, -0.1) is 0 Å². The highest BCUT2D eigenvalue weighted by atomic mass is 16.6. The van der Waals surface area contributed by atoms with Crippen LogP contribution in [0.4, 0.5) is 4.79 Å². The van der Waals surface area contributed by atoms with Crippen LogP contribution in [0.5, 0.6) is 0 Å². The third-order valence-corrected chi connectivity index (χ3v) is 3.83. The fourth-order valence-corrected chi connectivity index (χ4v) is 2.67. The molecule has 5 heteroatoms. The van der Waals surface area contributed by atoms with Crippen LogP contribution in [0.15, 0.2) is 24.3 Å². The summed E-state index contributed by atoms with van der Waals surface area (Å²) in [7, 11) is 0. The van der Waals surface area contributed by atoms with E-state index in [9.17, 15) is 9.59 Å². The van der Waals surface area contributed by atoms with E-state index >= 15 is 0 Å². The number of cyclic esters (lactones) is 2. The Hall–Kier alpha value is -2.04. The third kappa shape index (κ3) is 2.61. The molecule has 0 aromatic heterocycles. The van der Waals surface area contributed by atoms with Gasteiger partial charge in [0.1, 0.15) is 6.61 Å². The molecule has 5 nitrogen and oxygen atoms in total. The van der Waals surface area contributed by atoms with E-state index in [0.29, 0.717) is 32.7 Å².